The van der Waals surface area contributed by atoms with Crippen LogP contribution >= 0.6 is 11.8 Å². The fraction of sp³-hybridized carbons (Fsp3) is 0.333. The molecule has 0 bridgehead atoms. The van der Waals surface area contributed by atoms with Crippen LogP contribution < -0.4 is 0 Å². The molecule has 2 heteroatoms. The number of nitrogens with zero attached hydrogens (tertiary/aromatic N) is 1. The highest BCUT2D eigenvalue weighted by Gasteiger charge is 2.19. The number of hydrogen-bond acceptors (Lipinski definition) is 1. The monoisotopic (exact) mass is 243 g/mol. The van der Waals surface area contributed by atoms with Crippen LogP contribution in [0.1, 0.15) is 23.9 Å². The van der Waals surface area contributed by atoms with Crippen LogP contribution in [-0.2, 0) is 6.42 Å². The molecule has 0 N–H and O–H groups in total. The third-order valence-corrected chi connectivity index (χ3v) is 4.63. The zero-order chi connectivity index (χ0) is 12.0. The minimum atomic E-state index is 0.729. The van der Waals surface area contributed by atoms with E-state index in [9.17, 15) is 0 Å². The Morgan fingerprint density at radius 1 is 1.12 bits per heavy atom. The maximum atomic E-state index is 2.35. The minimum Gasteiger partial charge on any atom is -0.319 e. The quantitative estimate of drug-likeness (QED) is 0.729. The van der Waals surface area contributed by atoms with Crippen molar-refractivity contribution in [3.63, 3.8) is 0 Å². The van der Waals surface area contributed by atoms with Crippen LogP contribution in [0.3, 0.4) is 0 Å². The molecule has 2 heterocycles. The molecule has 88 valence electrons. The van der Waals surface area contributed by atoms with Gasteiger partial charge in [0.1, 0.15) is 0 Å². The summed E-state index contributed by atoms with van der Waals surface area (Å²) in [5, 5.41) is 0.729. The second-order valence-corrected chi connectivity index (χ2v) is 6.36. The Morgan fingerprint density at radius 2 is 1.82 bits per heavy atom. The summed E-state index contributed by atoms with van der Waals surface area (Å²) >= 11 is 2.00. The molecule has 1 unspecified atom stereocenters. The van der Waals surface area contributed by atoms with Crippen molar-refractivity contribution in [3.05, 3.63) is 47.3 Å². The van der Waals surface area contributed by atoms with Gasteiger partial charge in [0.25, 0.3) is 0 Å². The van der Waals surface area contributed by atoms with Gasteiger partial charge in [-0.3, -0.25) is 0 Å². The molecular formula is C15H17NS. The summed E-state index contributed by atoms with van der Waals surface area (Å²) in [6.45, 7) is 6.63. The van der Waals surface area contributed by atoms with Crippen LogP contribution in [0.15, 0.2) is 35.2 Å². The highest BCUT2D eigenvalue weighted by molar-refractivity contribution is 8.00. The molecule has 17 heavy (non-hydrogen) atoms. The van der Waals surface area contributed by atoms with E-state index in [-0.39, 0.29) is 0 Å². The first kappa shape index (κ1) is 11.0. The van der Waals surface area contributed by atoms with E-state index in [1.54, 1.807) is 0 Å². The van der Waals surface area contributed by atoms with Crippen molar-refractivity contribution < 1.29 is 0 Å². The summed E-state index contributed by atoms with van der Waals surface area (Å²) in [5.74, 6) is 0. The summed E-state index contributed by atoms with van der Waals surface area (Å²) in [7, 11) is 0. The Morgan fingerprint density at radius 3 is 2.53 bits per heavy atom. The fourth-order valence-corrected chi connectivity index (χ4v) is 3.76. The molecule has 0 saturated heterocycles. The molecule has 3 rings (SSSR count). The Bertz CT molecular complexity index is 549. The number of aromatic nitrogens is 1. The van der Waals surface area contributed by atoms with Gasteiger partial charge in [-0.15, -0.1) is 11.8 Å². The van der Waals surface area contributed by atoms with Gasteiger partial charge in [0.15, 0.2) is 0 Å². The van der Waals surface area contributed by atoms with Crippen LogP contribution in [0.5, 0.6) is 0 Å². The molecular weight excluding hydrogens is 226 g/mol. The fourth-order valence-electron chi connectivity index (χ4n) is 2.62. The third kappa shape index (κ3) is 1.81. The molecule has 2 aromatic rings. The SMILES string of the molecule is Cc1ccc(C)n1-c1ccc2c(c1)CC(C)S2. The normalized spacial score (nSPS) is 18.4. The first-order chi connectivity index (χ1) is 8.15. The lowest BCUT2D eigenvalue weighted by atomic mass is 10.1. The summed E-state index contributed by atoms with van der Waals surface area (Å²) in [4.78, 5) is 1.46. The molecule has 0 aliphatic carbocycles. The van der Waals surface area contributed by atoms with Crippen LogP contribution in [0.25, 0.3) is 5.69 Å². The Kier molecular flexibility index (Phi) is 2.55. The van der Waals surface area contributed by atoms with E-state index >= 15 is 0 Å². The van der Waals surface area contributed by atoms with E-state index in [0.717, 1.165) is 5.25 Å². The highest BCUT2D eigenvalue weighted by atomic mass is 32.2. The van der Waals surface area contributed by atoms with E-state index in [0.29, 0.717) is 0 Å². The smallest absolute Gasteiger partial charge is 0.0458 e. The van der Waals surface area contributed by atoms with Crippen molar-refractivity contribution in [1.82, 2.24) is 4.57 Å². The summed E-state index contributed by atoms with van der Waals surface area (Å²) in [6, 6.07) is 11.2. The molecule has 1 aliphatic heterocycles. The van der Waals surface area contributed by atoms with Crippen LogP contribution in [-0.4, -0.2) is 9.82 Å². The topological polar surface area (TPSA) is 4.93 Å². The van der Waals surface area contributed by atoms with Crippen LogP contribution in [0.4, 0.5) is 0 Å². The van der Waals surface area contributed by atoms with E-state index in [2.05, 4.69) is 55.7 Å². The maximum Gasteiger partial charge on any atom is 0.0458 e. The van der Waals surface area contributed by atoms with Gasteiger partial charge in [-0.05, 0) is 56.2 Å². The molecule has 0 amide bonds. The Labute approximate surface area is 107 Å². The second-order valence-electron chi connectivity index (χ2n) is 4.88. The predicted octanol–water partition coefficient (Wildman–Crippen LogP) is 4.13. The lowest BCUT2D eigenvalue weighted by Gasteiger charge is -2.10. The van der Waals surface area contributed by atoms with Gasteiger partial charge < -0.3 is 4.57 Å². The van der Waals surface area contributed by atoms with Crippen molar-refractivity contribution >= 4 is 11.8 Å². The summed E-state index contributed by atoms with van der Waals surface area (Å²) in [6.07, 6.45) is 1.20. The first-order valence-electron chi connectivity index (χ1n) is 6.10. The van der Waals surface area contributed by atoms with Crippen molar-refractivity contribution in [2.45, 2.75) is 37.3 Å². The lowest BCUT2D eigenvalue weighted by Crippen LogP contribution is -1.99. The number of fused-ring (bicyclic) bond motifs is 1. The molecule has 1 aromatic carbocycles. The number of rotatable bonds is 1. The van der Waals surface area contributed by atoms with Gasteiger partial charge >= 0.3 is 0 Å². The molecule has 0 spiro atoms. The van der Waals surface area contributed by atoms with E-state index < -0.39 is 0 Å². The summed E-state index contributed by atoms with van der Waals surface area (Å²) in [5.41, 5.74) is 5.42. The third-order valence-electron chi connectivity index (χ3n) is 3.41. The van der Waals surface area contributed by atoms with E-state index in [4.69, 9.17) is 0 Å². The Hall–Kier alpha value is -1.15. The molecule has 0 fully saturated rings. The van der Waals surface area contributed by atoms with Gasteiger partial charge in [0.05, 0.1) is 0 Å². The van der Waals surface area contributed by atoms with Gasteiger partial charge in [-0.2, -0.15) is 0 Å². The van der Waals surface area contributed by atoms with Crippen molar-refractivity contribution in [2.75, 3.05) is 0 Å². The number of thioether (sulfide) groups is 1. The molecule has 0 radical (unpaired) electrons. The Balaban J connectivity index is 2.09. The number of aryl methyl sites for hydroxylation is 2. The first-order valence-corrected chi connectivity index (χ1v) is 6.98. The highest BCUT2D eigenvalue weighted by Crippen LogP contribution is 2.37. The molecule has 0 saturated carbocycles. The molecule has 1 atom stereocenters. The van der Waals surface area contributed by atoms with E-state index in [1.165, 1.54) is 34.0 Å². The van der Waals surface area contributed by atoms with Crippen LogP contribution in [0, 0.1) is 13.8 Å². The molecule has 1 nitrogen and oxygen atoms in total. The van der Waals surface area contributed by atoms with Crippen molar-refractivity contribution in [1.29, 1.82) is 0 Å². The summed E-state index contributed by atoms with van der Waals surface area (Å²) < 4.78 is 2.33. The van der Waals surface area contributed by atoms with E-state index in [1.807, 2.05) is 11.8 Å². The zero-order valence-corrected chi connectivity index (χ0v) is 11.3. The largest absolute Gasteiger partial charge is 0.319 e. The molecule has 1 aromatic heterocycles. The van der Waals surface area contributed by atoms with Gasteiger partial charge in [0.2, 0.25) is 0 Å². The van der Waals surface area contributed by atoms with Crippen molar-refractivity contribution in [3.8, 4) is 5.69 Å². The van der Waals surface area contributed by atoms with Gasteiger partial charge in [-0.25, -0.2) is 0 Å². The minimum absolute atomic E-state index is 0.729. The second kappa shape index (κ2) is 3.95. The maximum absolute atomic E-state index is 2.35. The average Bonchev–Trinajstić information content (AvgIpc) is 2.80. The lowest BCUT2D eigenvalue weighted by molar-refractivity contribution is 0.933. The molecule has 1 aliphatic rings. The standard InChI is InChI=1S/C15H17NS/c1-10-4-5-11(2)16(10)14-6-7-15-13(9-14)8-12(3)17-15/h4-7,9,12H,8H2,1-3H3. The zero-order valence-electron chi connectivity index (χ0n) is 10.5. The van der Waals surface area contributed by atoms with Gasteiger partial charge in [-0.1, -0.05) is 6.92 Å². The van der Waals surface area contributed by atoms with Crippen molar-refractivity contribution in [2.24, 2.45) is 0 Å². The number of hydrogen-bond donors (Lipinski definition) is 0. The van der Waals surface area contributed by atoms with Gasteiger partial charge in [0, 0.05) is 27.2 Å². The number of benzene rings is 1. The van der Waals surface area contributed by atoms with Crippen LogP contribution in [0.2, 0.25) is 0 Å². The average molecular weight is 243 g/mol. The predicted molar refractivity (Wildman–Crippen MR) is 74.3 cm³/mol.